The summed E-state index contributed by atoms with van der Waals surface area (Å²) in [7, 11) is 1.30. The van der Waals surface area contributed by atoms with Crippen LogP contribution in [0, 0.1) is 0 Å². The van der Waals surface area contributed by atoms with Gasteiger partial charge in [-0.3, -0.25) is 4.79 Å². The van der Waals surface area contributed by atoms with E-state index in [0.717, 1.165) is 4.47 Å². The van der Waals surface area contributed by atoms with Crippen molar-refractivity contribution in [1.82, 2.24) is 4.90 Å². The van der Waals surface area contributed by atoms with E-state index in [1.54, 1.807) is 17.0 Å². The Balaban J connectivity index is 2.14. The molecule has 2 rings (SSSR count). The quantitative estimate of drug-likeness (QED) is 0.706. The number of nitrogens with zero attached hydrogens (tertiary/aromatic N) is 1. The maximum Gasteiger partial charge on any atom is 0.336 e. The monoisotopic (exact) mass is 405 g/mol. The number of ether oxygens (including phenoxy) is 2. The Hall–Kier alpha value is -0.920. The van der Waals surface area contributed by atoms with Crippen LogP contribution in [0.5, 0.6) is 0 Å². The summed E-state index contributed by atoms with van der Waals surface area (Å²) in [5.74, 6) is -0.598. The van der Waals surface area contributed by atoms with Crippen LogP contribution < -0.4 is 0 Å². The Kier molecular flexibility index (Phi) is 5.17. The molecular weight excluding hydrogens is 394 g/mol. The van der Waals surface area contributed by atoms with Crippen LogP contribution in [0.3, 0.4) is 0 Å². The summed E-state index contributed by atoms with van der Waals surface area (Å²) >= 11 is 6.71. The molecule has 1 heterocycles. The minimum Gasteiger partial charge on any atom is -0.467 e. The third-order valence-corrected chi connectivity index (χ3v) is 4.13. The Morgan fingerprint density at radius 3 is 2.80 bits per heavy atom. The summed E-state index contributed by atoms with van der Waals surface area (Å²) < 4.78 is 11.5. The average molecular weight is 407 g/mol. The number of carbonyl (C=O) groups is 2. The van der Waals surface area contributed by atoms with Crippen LogP contribution in [0.1, 0.15) is 10.4 Å². The molecule has 1 aliphatic rings. The fourth-order valence-corrected chi connectivity index (χ4v) is 3.16. The number of methoxy groups -OCH3 is 1. The topological polar surface area (TPSA) is 55.8 Å². The predicted molar refractivity (Wildman–Crippen MR) is 79.5 cm³/mol. The predicted octanol–water partition coefficient (Wildman–Crippen LogP) is 2.23. The van der Waals surface area contributed by atoms with E-state index < -0.39 is 12.1 Å². The minimum absolute atomic E-state index is 0.137. The number of morpholine rings is 1. The van der Waals surface area contributed by atoms with E-state index in [2.05, 4.69) is 36.6 Å². The van der Waals surface area contributed by atoms with Crippen molar-refractivity contribution >= 4 is 43.7 Å². The molecule has 1 saturated heterocycles. The molecule has 1 atom stereocenters. The van der Waals surface area contributed by atoms with Crippen molar-refractivity contribution < 1.29 is 19.1 Å². The molecule has 1 aromatic carbocycles. The van der Waals surface area contributed by atoms with Crippen LogP contribution in [0.15, 0.2) is 27.1 Å². The van der Waals surface area contributed by atoms with E-state index in [1.807, 2.05) is 6.07 Å². The van der Waals surface area contributed by atoms with Gasteiger partial charge in [0.25, 0.3) is 5.91 Å². The van der Waals surface area contributed by atoms with Crippen molar-refractivity contribution in [3.63, 3.8) is 0 Å². The minimum atomic E-state index is -0.716. The standard InChI is InChI=1S/C13H13Br2NO4/c1-19-13(18)11-7-16(4-5-20-11)12(17)9-3-2-8(14)6-10(9)15/h2-3,6,11H,4-5,7H2,1H3. The molecule has 1 aliphatic heterocycles. The highest BCUT2D eigenvalue weighted by molar-refractivity contribution is 9.11. The maximum atomic E-state index is 12.5. The van der Waals surface area contributed by atoms with Crippen LogP contribution in [-0.4, -0.2) is 49.7 Å². The highest BCUT2D eigenvalue weighted by atomic mass is 79.9. The Morgan fingerprint density at radius 2 is 2.15 bits per heavy atom. The van der Waals surface area contributed by atoms with E-state index in [-0.39, 0.29) is 12.5 Å². The lowest BCUT2D eigenvalue weighted by Crippen LogP contribution is -2.49. The molecule has 0 spiro atoms. The first-order valence-corrected chi connectivity index (χ1v) is 7.55. The second-order valence-corrected chi connectivity index (χ2v) is 6.03. The van der Waals surface area contributed by atoms with Gasteiger partial charge in [0, 0.05) is 15.5 Å². The number of hydrogen-bond donors (Lipinski definition) is 0. The molecule has 0 radical (unpaired) electrons. The first-order chi connectivity index (χ1) is 9.52. The number of esters is 1. The molecule has 0 aromatic heterocycles. The van der Waals surface area contributed by atoms with Crippen LogP contribution >= 0.6 is 31.9 Å². The fraction of sp³-hybridized carbons (Fsp3) is 0.385. The number of amides is 1. The van der Waals surface area contributed by atoms with Gasteiger partial charge >= 0.3 is 5.97 Å². The van der Waals surface area contributed by atoms with E-state index in [0.29, 0.717) is 23.2 Å². The van der Waals surface area contributed by atoms with Gasteiger partial charge in [-0.1, -0.05) is 15.9 Å². The van der Waals surface area contributed by atoms with Gasteiger partial charge in [0.15, 0.2) is 6.10 Å². The van der Waals surface area contributed by atoms with Crippen LogP contribution in [0.2, 0.25) is 0 Å². The van der Waals surface area contributed by atoms with Crippen molar-refractivity contribution in [3.8, 4) is 0 Å². The van der Waals surface area contributed by atoms with Gasteiger partial charge in [0.1, 0.15) is 0 Å². The van der Waals surface area contributed by atoms with Gasteiger partial charge < -0.3 is 14.4 Å². The number of hydrogen-bond acceptors (Lipinski definition) is 4. The van der Waals surface area contributed by atoms with Crippen molar-refractivity contribution in [2.75, 3.05) is 26.8 Å². The SMILES string of the molecule is COC(=O)C1CN(C(=O)c2ccc(Br)cc2Br)CCO1. The largest absolute Gasteiger partial charge is 0.467 e. The first kappa shape index (κ1) is 15.5. The van der Waals surface area contributed by atoms with E-state index in [1.165, 1.54) is 7.11 Å². The van der Waals surface area contributed by atoms with E-state index >= 15 is 0 Å². The van der Waals surface area contributed by atoms with Gasteiger partial charge in [-0.05, 0) is 34.1 Å². The van der Waals surface area contributed by atoms with Gasteiger partial charge in [0.2, 0.25) is 0 Å². The second kappa shape index (κ2) is 6.69. The van der Waals surface area contributed by atoms with Crippen LogP contribution in [-0.2, 0) is 14.3 Å². The summed E-state index contributed by atoms with van der Waals surface area (Å²) in [4.78, 5) is 25.5. The maximum absolute atomic E-state index is 12.5. The lowest BCUT2D eigenvalue weighted by molar-refractivity contribution is -0.158. The Morgan fingerprint density at radius 1 is 1.40 bits per heavy atom. The van der Waals surface area contributed by atoms with Crippen LogP contribution in [0.4, 0.5) is 0 Å². The molecule has 1 amide bonds. The second-order valence-electron chi connectivity index (χ2n) is 4.26. The molecule has 0 saturated carbocycles. The van der Waals surface area contributed by atoms with Gasteiger partial charge in [-0.15, -0.1) is 0 Å². The van der Waals surface area contributed by atoms with Crippen molar-refractivity contribution in [2.45, 2.75) is 6.10 Å². The molecule has 108 valence electrons. The molecule has 5 nitrogen and oxygen atoms in total. The summed E-state index contributed by atoms with van der Waals surface area (Å²) in [5.41, 5.74) is 0.554. The highest BCUT2D eigenvalue weighted by Crippen LogP contribution is 2.24. The Bertz CT molecular complexity index is 535. The third kappa shape index (κ3) is 3.39. The Labute approximate surface area is 133 Å². The third-order valence-electron chi connectivity index (χ3n) is 2.98. The molecule has 1 fully saturated rings. The van der Waals surface area contributed by atoms with Crippen molar-refractivity contribution in [2.24, 2.45) is 0 Å². The van der Waals surface area contributed by atoms with E-state index in [9.17, 15) is 9.59 Å². The molecule has 1 unspecified atom stereocenters. The zero-order chi connectivity index (χ0) is 14.7. The molecule has 20 heavy (non-hydrogen) atoms. The molecule has 7 heteroatoms. The number of carbonyl (C=O) groups excluding carboxylic acids is 2. The van der Waals surface area contributed by atoms with Gasteiger partial charge in [-0.25, -0.2) is 4.79 Å². The van der Waals surface area contributed by atoms with Crippen molar-refractivity contribution in [3.05, 3.63) is 32.7 Å². The zero-order valence-corrected chi connectivity index (χ0v) is 13.9. The number of rotatable bonds is 2. The number of benzene rings is 1. The number of halogens is 2. The molecule has 0 aliphatic carbocycles. The van der Waals surface area contributed by atoms with E-state index in [4.69, 9.17) is 4.74 Å². The smallest absolute Gasteiger partial charge is 0.336 e. The molecule has 0 N–H and O–H groups in total. The van der Waals surface area contributed by atoms with Gasteiger partial charge in [0.05, 0.1) is 25.8 Å². The van der Waals surface area contributed by atoms with Crippen LogP contribution in [0.25, 0.3) is 0 Å². The van der Waals surface area contributed by atoms with Crippen molar-refractivity contribution in [1.29, 1.82) is 0 Å². The normalized spacial score (nSPS) is 18.8. The lowest BCUT2D eigenvalue weighted by Gasteiger charge is -2.31. The first-order valence-electron chi connectivity index (χ1n) is 5.96. The average Bonchev–Trinajstić information content (AvgIpc) is 2.46. The fourth-order valence-electron chi connectivity index (χ4n) is 1.94. The summed E-state index contributed by atoms with van der Waals surface area (Å²) in [5, 5.41) is 0. The summed E-state index contributed by atoms with van der Waals surface area (Å²) in [6.07, 6.45) is -0.716. The van der Waals surface area contributed by atoms with Gasteiger partial charge in [-0.2, -0.15) is 0 Å². The zero-order valence-electron chi connectivity index (χ0n) is 10.8. The summed E-state index contributed by atoms with van der Waals surface area (Å²) in [6, 6.07) is 5.35. The lowest BCUT2D eigenvalue weighted by atomic mass is 10.1. The molecule has 0 bridgehead atoms. The summed E-state index contributed by atoms with van der Waals surface area (Å²) in [6.45, 7) is 0.975. The molecular formula is C13H13Br2NO4. The molecule has 1 aromatic rings. The highest BCUT2D eigenvalue weighted by Gasteiger charge is 2.30.